The summed E-state index contributed by atoms with van der Waals surface area (Å²) in [5, 5.41) is 11.2. The maximum Gasteiger partial charge on any atom is 0.241 e. The van der Waals surface area contributed by atoms with Crippen molar-refractivity contribution >= 4 is 21.9 Å². The van der Waals surface area contributed by atoms with Gasteiger partial charge in [-0.05, 0) is 41.8 Å². The highest BCUT2D eigenvalue weighted by Gasteiger charge is 2.08. The van der Waals surface area contributed by atoms with Gasteiger partial charge >= 0.3 is 0 Å². The molecule has 0 atom stereocenters. The zero-order valence-electron chi connectivity index (χ0n) is 16.9. The van der Waals surface area contributed by atoms with E-state index in [1.165, 1.54) is 29.2 Å². The van der Waals surface area contributed by atoms with Gasteiger partial charge in [-0.25, -0.2) is 22.9 Å². The molecule has 1 amide bonds. The molecule has 4 N–H and O–H groups in total. The van der Waals surface area contributed by atoms with E-state index < -0.39 is 10.0 Å². The van der Waals surface area contributed by atoms with Gasteiger partial charge < -0.3 is 15.5 Å². The minimum absolute atomic E-state index is 0.0302. The Balaban J connectivity index is 2.01. The van der Waals surface area contributed by atoms with E-state index in [0.717, 1.165) is 11.1 Å². The molecule has 162 valence electrons. The molecule has 2 aromatic rings. The number of halogens is 1. The smallest absolute Gasteiger partial charge is 0.241 e. The van der Waals surface area contributed by atoms with Crippen molar-refractivity contribution in [3.05, 3.63) is 65.5 Å². The largest absolute Gasteiger partial charge is 0.356 e. The molecule has 2 rings (SSSR count). The van der Waals surface area contributed by atoms with Crippen molar-refractivity contribution in [3.8, 4) is 0 Å². The van der Waals surface area contributed by atoms with Crippen LogP contribution in [-0.4, -0.2) is 52.4 Å². The molecule has 0 aliphatic carbocycles. The van der Waals surface area contributed by atoms with Crippen molar-refractivity contribution in [2.24, 2.45) is 10.1 Å². The second kappa shape index (κ2) is 10.7. The first-order chi connectivity index (χ1) is 14.1. The van der Waals surface area contributed by atoms with Gasteiger partial charge in [0.2, 0.25) is 15.9 Å². The number of hydrogen-bond donors (Lipinski definition) is 3. The van der Waals surface area contributed by atoms with E-state index in [1.54, 1.807) is 38.4 Å². The number of aliphatic imine (C=N–C) groups is 1. The molecule has 0 fully saturated rings. The number of amides is 1. The number of carbonyl (C=O) groups is 1. The number of nitrogens with one attached hydrogen (secondary N) is 2. The number of sulfonamides is 1. The summed E-state index contributed by atoms with van der Waals surface area (Å²) < 4.78 is 35.7. The number of benzene rings is 2. The monoisotopic (exact) mass is 435 g/mol. The summed E-state index contributed by atoms with van der Waals surface area (Å²) in [6.07, 6.45) is 0.645. The molecule has 0 saturated carbocycles. The number of rotatable bonds is 8. The van der Waals surface area contributed by atoms with Gasteiger partial charge in [0.05, 0.1) is 18.0 Å². The summed E-state index contributed by atoms with van der Waals surface area (Å²) in [5.41, 5.74) is 1.74. The molecule has 10 heteroatoms. The Morgan fingerprint density at radius 3 is 2.20 bits per heavy atom. The third-order valence-electron chi connectivity index (χ3n) is 4.20. The maximum atomic E-state index is 13.0. The average molecular weight is 436 g/mol. The fourth-order valence-electron chi connectivity index (χ4n) is 2.42. The number of likely N-dealkylation sites (N-methyl/N-ethyl adjacent to an activating group) is 1. The standard InChI is InChI=1S/C20H26FN5O3S/c1-26(2)19(27)14-25-20(23-12-11-15-3-7-17(21)8-4-15)24-13-16-5-9-18(10-6-16)30(22,28)29/h3-10H,11-14H2,1-2H3,(H2,22,28,29)(H2,23,24,25). The first-order valence-electron chi connectivity index (χ1n) is 9.23. The second-order valence-electron chi connectivity index (χ2n) is 6.80. The predicted molar refractivity (Wildman–Crippen MR) is 114 cm³/mol. The number of guanidine groups is 1. The first kappa shape index (κ1) is 23.3. The van der Waals surface area contributed by atoms with E-state index in [1.807, 2.05) is 0 Å². The molecule has 0 unspecified atom stereocenters. The molecule has 0 spiro atoms. The summed E-state index contributed by atoms with van der Waals surface area (Å²) in [6, 6.07) is 12.3. The average Bonchev–Trinajstić information content (AvgIpc) is 2.70. The van der Waals surface area contributed by atoms with Crippen molar-refractivity contribution < 1.29 is 17.6 Å². The predicted octanol–water partition coefficient (Wildman–Crippen LogP) is 0.839. The van der Waals surface area contributed by atoms with Gasteiger partial charge in [-0.1, -0.05) is 24.3 Å². The van der Waals surface area contributed by atoms with Gasteiger partial charge in [-0.3, -0.25) is 4.79 Å². The lowest BCUT2D eigenvalue weighted by atomic mass is 10.1. The van der Waals surface area contributed by atoms with Crippen LogP contribution >= 0.6 is 0 Å². The number of hydrogen-bond acceptors (Lipinski definition) is 4. The minimum atomic E-state index is -3.74. The lowest BCUT2D eigenvalue weighted by Gasteiger charge is -2.15. The number of nitrogens with zero attached hydrogens (tertiary/aromatic N) is 2. The summed E-state index contributed by atoms with van der Waals surface area (Å²) in [6.45, 7) is 0.866. The van der Waals surface area contributed by atoms with Crippen LogP contribution in [-0.2, 0) is 27.8 Å². The van der Waals surface area contributed by atoms with Gasteiger partial charge in [0.15, 0.2) is 5.96 Å². The Morgan fingerprint density at radius 1 is 1.03 bits per heavy atom. The molecule has 0 radical (unpaired) electrons. The third kappa shape index (κ3) is 7.80. The van der Waals surface area contributed by atoms with Crippen LogP contribution in [0.5, 0.6) is 0 Å². The van der Waals surface area contributed by atoms with Crippen molar-refractivity contribution in [1.82, 2.24) is 15.5 Å². The SMILES string of the molecule is CN(C)C(=O)CNC(=NCc1ccc(S(N)(=O)=O)cc1)NCCc1ccc(F)cc1. The summed E-state index contributed by atoms with van der Waals surface area (Å²) in [5.74, 6) is 0.0367. The maximum absolute atomic E-state index is 13.0. The van der Waals surface area contributed by atoms with Gasteiger partial charge in [0.1, 0.15) is 5.82 Å². The Kier molecular flexibility index (Phi) is 8.31. The van der Waals surface area contributed by atoms with Crippen LogP contribution in [0.2, 0.25) is 0 Å². The Bertz CT molecular complexity index is 975. The van der Waals surface area contributed by atoms with Crippen LogP contribution in [0.4, 0.5) is 4.39 Å². The van der Waals surface area contributed by atoms with Crippen LogP contribution in [0.25, 0.3) is 0 Å². The van der Waals surface area contributed by atoms with Gasteiger partial charge in [-0.15, -0.1) is 0 Å². The normalized spacial score (nSPS) is 11.8. The van der Waals surface area contributed by atoms with Crippen LogP contribution in [0.1, 0.15) is 11.1 Å². The van der Waals surface area contributed by atoms with E-state index >= 15 is 0 Å². The molecule has 0 heterocycles. The Labute approximate surface area is 176 Å². The van der Waals surface area contributed by atoms with E-state index in [-0.39, 0.29) is 29.7 Å². The van der Waals surface area contributed by atoms with Crippen molar-refractivity contribution in [3.63, 3.8) is 0 Å². The molecule has 2 aromatic carbocycles. The molecular formula is C20H26FN5O3S. The number of nitrogens with two attached hydrogens (primary N) is 1. The molecule has 0 aliphatic rings. The van der Waals surface area contributed by atoms with Gasteiger partial charge in [0.25, 0.3) is 0 Å². The zero-order chi connectivity index (χ0) is 22.1. The highest BCUT2D eigenvalue weighted by atomic mass is 32.2. The molecular weight excluding hydrogens is 409 g/mol. The molecule has 30 heavy (non-hydrogen) atoms. The van der Waals surface area contributed by atoms with E-state index in [9.17, 15) is 17.6 Å². The second-order valence-corrected chi connectivity index (χ2v) is 8.36. The number of primary sulfonamides is 1. The van der Waals surface area contributed by atoms with E-state index in [4.69, 9.17) is 5.14 Å². The van der Waals surface area contributed by atoms with Crippen molar-refractivity contribution in [2.75, 3.05) is 27.2 Å². The molecule has 0 aromatic heterocycles. The van der Waals surface area contributed by atoms with Crippen molar-refractivity contribution in [2.45, 2.75) is 17.9 Å². The molecule has 8 nitrogen and oxygen atoms in total. The van der Waals surface area contributed by atoms with Crippen LogP contribution in [0, 0.1) is 5.82 Å². The fraction of sp³-hybridized carbons (Fsp3) is 0.300. The molecule has 0 aliphatic heterocycles. The zero-order valence-corrected chi connectivity index (χ0v) is 17.7. The van der Waals surface area contributed by atoms with Crippen molar-refractivity contribution in [1.29, 1.82) is 0 Å². The van der Waals surface area contributed by atoms with Crippen LogP contribution in [0.3, 0.4) is 0 Å². The first-order valence-corrected chi connectivity index (χ1v) is 10.8. The quantitative estimate of drug-likeness (QED) is 0.420. The van der Waals surface area contributed by atoms with Gasteiger partial charge in [0, 0.05) is 20.6 Å². The van der Waals surface area contributed by atoms with Crippen LogP contribution < -0.4 is 15.8 Å². The third-order valence-corrected chi connectivity index (χ3v) is 5.13. The van der Waals surface area contributed by atoms with E-state index in [0.29, 0.717) is 18.9 Å². The fourth-order valence-corrected chi connectivity index (χ4v) is 2.94. The van der Waals surface area contributed by atoms with Crippen LogP contribution in [0.15, 0.2) is 58.4 Å². The van der Waals surface area contributed by atoms with E-state index in [2.05, 4.69) is 15.6 Å². The summed E-state index contributed by atoms with van der Waals surface area (Å²) in [4.78, 5) is 17.8. The molecule has 0 saturated heterocycles. The highest BCUT2D eigenvalue weighted by molar-refractivity contribution is 7.89. The Hall–Kier alpha value is -2.98. The minimum Gasteiger partial charge on any atom is -0.356 e. The lowest BCUT2D eigenvalue weighted by molar-refractivity contribution is -0.127. The highest BCUT2D eigenvalue weighted by Crippen LogP contribution is 2.09. The number of carbonyl (C=O) groups excluding carboxylic acids is 1. The summed E-state index contributed by atoms with van der Waals surface area (Å²) in [7, 11) is -0.419. The lowest BCUT2D eigenvalue weighted by Crippen LogP contribution is -2.43. The Morgan fingerprint density at radius 2 is 1.63 bits per heavy atom. The topological polar surface area (TPSA) is 117 Å². The summed E-state index contributed by atoms with van der Waals surface area (Å²) >= 11 is 0. The van der Waals surface area contributed by atoms with Gasteiger partial charge in [-0.2, -0.15) is 0 Å². The molecule has 0 bridgehead atoms.